The molecule has 0 aliphatic rings. The van der Waals surface area contributed by atoms with Gasteiger partial charge in [-0.1, -0.05) is 55.1 Å². The van der Waals surface area contributed by atoms with Gasteiger partial charge in [-0.05, 0) is 29.3 Å². The van der Waals surface area contributed by atoms with Gasteiger partial charge in [-0.2, -0.15) is 5.26 Å². The monoisotopic (exact) mass is 319 g/mol. The first-order chi connectivity index (χ1) is 11.7. The first kappa shape index (κ1) is 17.0. The van der Waals surface area contributed by atoms with Crippen molar-refractivity contribution in [2.24, 2.45) is 0 Å². The Morgan fingerprint density at radius 3 is 2.67 bits per heavy atom. The van der Waals surface area contributed by atoms with Crippen LogP contribution in [-0.4, -0.2) is 12.6 Å². The second-order valence-electron chi connectivity index (χ2n) is 4.90. The van der Waals surface area contributed by atoms with E-state index in [1.165, 1.54) is 12.2 Å². The average molecular weight is 319 g/mol. The van der Waals surface area contributed by atoms with Crippen LogP contribution in [0.25, 0.3) is 6.08 Å². The summed E-state index contributed by atoms with van der Waals surface area (Å²) in [5.41, 5.74) is 1.67. The van der Waals surface area contributed by atoms with Crippen LogP contribution in [0.5, 0.6) is 5.75 Å². The molecule has 0 unspecified atom stereocenters. The molecule has 24 heavy (non-hydrogen) atoms. The van der Waals surface area contributed by atoms with Crippen molar-refractivity contribution in [1.29, 1.82) is 5.26 Å². The lowest BCUT2D eigenvalue weighted by atomic mass is 10.1. The summed E-state index contributed by atoms with van der Waals surface area (Å²) in [6.45, 7) is 3.98. The summed E-state index contributed by atoms with van der Waals surface area (Å²) in [5, 5.41) is 9.10. The number of carbonyl (C=O) groups excluding carboxylic acids is 1. The fourth-order valence-corrected chi connectivity index (χ4v) is 1.95. The van der Waals surface area contributed by atoms with Crippen LogP contribution < -0.4 is 4.74 Å². The van der Waals surface area contributed by atoms with Crippen molar-refractivity contribution in [3.8, 4) is 11.8 Å². The van der Waals surface area contributed by atoms with Crippen LogP contribution in [0.4, 0.5) is 0 Å². The van der Waals surface area contributed by atoms with Gasteiger partial charge in [-0.25, -0.2) is 4.79 Å². The molecule has 0 aromatic heterocycles. The van der Waals surface area contributed by atoms with Gasteiger partial charge >= 0.3 is 5.97 Å². The normalized spacial score (nSPS) is 10.5. The predicted octanol–water partition coefficient (Wildman–Crippen LogP) is 3.90. The topological polar surface area (TPSA) is 59.3 Å². The van der Waals surface area contributed by atoms with Crippen molar-refractivity contribution in [3.05, 3.63) is 84.0 Å². The summed E-state index contributed by atoms with van der Waals surface area (Å²) in [6.07, 6.45) is 2.92. The highest BCUT2D eigenvalue weighted by Gasteiger charge is 2.10. The van der Waals surface area contributed by atoms with E-state index in [1.54, 1.807) is 18.2 Å². The van der Waals surface area contributed by atoms with Gasteiger partial charge < -0.3 is 9.47 Å². The van der Waals surface area contributed by atoms with Crippen molar-refractivity contribution in [2.75, 3.05) is 6.61 Å². The van der Waals surface area contributed by atoms with Gasteiger partial charge in [0.05, 0.1) is 0 Å². The summed E-state index contributed by atoms with van der Waals surface area (Å²) in [6, 6.07) is 18.8. The number of nitrogens with zero attached hydrogens (tertiary/aromatic N) is 1. The minimum atomic E-state index is -0.673. The Hall–Kier alpha value is -3.32. The first-order valence-electron chi connectivity index (χ1n) is 7.39. The van der Waals surface area contributed by atoms with E-state index < -0.39 is 5.97 Å². The highest BCUT2D eigenvalue weighted by molar-refractivity contribution is 5.97. The molecule has 0 saturated carbocycles. The number of nitriles is 1. The molecule has 2 aromatic rings. The highest BCUT2D eigenvalue weighted by atomic mass is 16.5. The Labute approximate surface area is 141 Å². The Bertz CT molecular complexity index is 773. The summed E-state index contributed by atoms with van der Waals surface area (Å²) < 4.78 is 10.6. The zero-order valence-electron chi connectivity index (χ0n) is 13.1. The van der Waals surface area contributed by atoms with Crippen molar-refractivity contribution in [1.82, 2.24) is 0 Å². The van der Waals surface area contributed by atoms with E-state index in [4.69, 9.17) is 14.7 Å². The molecule has 0 bridgehead atoms. The fraction of sp³-hybridized carbons (Fsp3) is 0.100. The molecule has 4 nitrogen and oxygen atoms in total. The highest BCUT2D eigenvalue weighted by Crippen LogP contribution is 2.17. The van der Waals surface area contributed by atoms with Crippen molar-refractivity contribution < 1.29 is 14.3 Å². The van der Waals surface area contributed by atoms with E-state index in [0.717, 1.165) is 5.56 Å². The minimum absolute atomic E-state index is 0.0675. The Morgan fingerprint density at radius 1 is 1.17 bits per heavy atom. The van der Waals surface area contributed by atoms with Crippen molar-refractivity contribution >= 4 is 12.0 Å². The lowest BCUT2D eigenvalue weighted by Crippen LogP contribution is -2.06. The van der Waals surface area contributed by atoms with Gasteiger partial charge in [0.2, 0.25) is 0 Å². The maximum atomic E-state index is 11.7. The minimum Gasteiger partial charge on any atom is -0.489 e. The smallest absolute Gasteiger partial charge is 0.349 e. The van der Waals surface area contributed by atoms with Gasteiger partial charge in [0.25, 0.3) is 0 Å². The third kappa shape index (κ3) is 5.15. The number of hydrogen-bond donors (Lipinski definition) is 0. The molecule has 0 N–H and O–H groups in total. The summed E-state index contributed by atoms with van der Waals surface area (Å²) in [7, 11) is 0. The number of ether oxygens (including phenoxy) is 2. The molecular weight excluding hydrogens is 302 g/mol. The van der Waals surface area contributed by atoms with Crippen LogP contribution in [0.15, 0.2) is 72.8 Å². The number of carbonyl (C=O) groups is 1. The summed E-state index contributed by atoms with van der Waals surface area (Å²) in [5.74, 6) is -0.0163. The van der Waals surface area contributed by atoms with Gasteiger partial charge in [-0.3, -0.25) is 0 Å². The maximum absolute atomic E-state index is 11.7. The quantitative estimate of drug-likeness (QED) is 0.336. The van der Waals surface area contributed by atoms with E-state index in [9.17, 15) is 4.79 Å². The van der Waals surface area contributed by atoms with E-state index in [-0.39, 0.29) is 12.2 Å². The van der Waals surface area contributed by atoms with Gasteiger partial charge in [0.15, 0.2) is 0 Å². The molecule has 0 aliphatic carbocycles. The molecule has 0 fully saturated rings. The largest absolute Gasteiger partial charge is 0.489 e. The Morgan fingerprint density at radius 2 is 1.96 bits per heavy atom. The van der Waals surface area contributed by atoms with Crippen LogP contribution in [-0.2, 0) is 16.1 Å². The van der Waals surface area contributed by atoms with E-state index >= 15 is 0 Å². The molecule has 0 amide bonds. The van der Waals surface area contributed by atoms with E-state index in [0.29, 0.717) is 17.9 Å². The van der Waals surface area contributed by atoms with Crippen LogP contribution in [0.3, 0.4) is 0 Å². The molecule has 0 aliphatic heterocycles. The van der Waals surface area contributed by atoms with Crippen LogP contribution in [0.2, 0.25) is 0 Å². The second kappa shape index (κ2) is 8.96. The van der Waals surface area contributed by atoms with E-state index in [1.807, 2.05) is 42.5 Å². The molecule has 2 aromatic carbocycles. The summed E-state index contributed by atoms with van der Waals surface area (Å²) >= 11 is 0. The molecule has 2 rings (SSSR count). The van der Waals surface area contributed by atoms with Crippen molar-refractivity contribution in [3.63, 3.8) is 0 Å². The molecule has 4 heteroatoms. The number of rotatable bonds is 7. The second-order valence-corrected chi connectivity index (χ2v) is 4.90. The first-order valence-corrected chi connectivity index (χ1v) is 7.39. The third-order valence-electron chi connectivity index (χ3n) is 3.09. The molecule has 120 valence electrons. The van der Waals surface area contributed by atoms with Gasteiger partial charge in [0.1, 0.15) is 30.6 Å². The molecule has 0 spiro atoms. The molecule has 0 heterocycles. The zero-order valence-corrected chi connectivity index (χ0v) is 13.1. The Kier molecular flexibility index (Phi) is 6.36. The van der Waals surface area contributed by atoms with Crippen molar-refractivity contribution in [2.45, 2.75) is 6.61 Å². The van der Waals surface area contributed by atoms with Gasteiger partial charge in [0, 0.05) is 0 Å². The predicted molar refractivity (Wildman–Crippen MR) is 92.0 cm³/mol. The van der Waals surface area contributed by atoms with Crippen LogP contribution >= 0.6 is 0 Å². The fourth-order valence-electron chi connectivity index (χ4n) is 1.95. The van der Waals surface area contributed by atoms with Gasteiger partial charge in [-0.15, -0.1) is 0 Å². The number of hydrogen-bond acceptors (Lipinski definition) is 4. The molecule has 0 saturated heterocycles. The zero-order chi connectivity index (χ0) is 17.2. The van der Waals surface area contributed by atoms with E-state index in [2.05, 4.69) is 6.58 Å². The molecule has 0 atom stereocenters. The average Bonchev–Trinajstić information content (AvgIpc) is 2.63. The molecular formula is C20H17NO3. The third-order valence-corrected chi connectivity index (χ3v) is 3.09. The standard InChI is InChI=1S/C20H17NO3/c1-2-11-23-20(22)18(14-21)12-17-9-6-10-19(13-17)24-15-16-7-4-3-5-8-16/h2-10,12-13H,1,11,15H2/b18-12+. The lowest BCUT2D eigenvalue weighted by molar-refractivity contribution is -0.137. The van der Waals surface area contributed by atoms with Crippen LogP contribution in [0, 0.1) is 11.3 Å². The molecule has 0 radical (unpaired) electrons. The maximum Gasteiger partial charge on any atom is 0.349 e. The Balaban J connectivity index is 2.08. The number of benzene rings is 2. The number of esters is 1. The summed E-state index contributed by atoms with van der Waals surface area (Å²) in [4.78, 5) is 11.7. The SMILES string of the molecule is C=CCOC(=O)/C(C#N)=C/c1cccc(OCc2ccccc2)c1. The van der Waals surface area contributed by atoms with Crippen LogP contribution in [0.1, 0.15) is 11.1 Å². The lowest BCUT2D eigenvalue weighted by Gasteiger charge is -2.07.